The van der Waals surface area contributed by atoms with Gasteiger partial charge in [0.05, 0.1) is 13.1 Å². The summed E-state index contributed by atoms with van der Waals surface area (Å²) in [7, 11) is 0. The highest BCUT2D eigenvalue weighted by Crippen LogP contribution is 2.16. The quantitative estimate of drug-likeness (QED) is 0.733. The van der Waals surface area contributed by atoms with E-state index in [1.54, 1.807) is 0 Å². The second-order valence-electron chi connectivity index (χ2n) is 6.37. The Bertz CT molecular complexity index is 571. The van der Waals surface area contributed by atoms with Crippen molar-refractivity contribution in [2.75, 3.05) is 32.7 Å². The first-order valence-corrected chi connectivity index (χ1v) is 9.05. The van der Waals surface area contributed by atoms with Crippen LogP contribution in [0.25, 0.3) is 0 Å². The Hall–Kier alpha value is -1.63. The van der Waals surface area contributed by atoms with Crippen LogP contribution >= 0.6 is 11.6 Å². The summed E-state index contributed by atoms with van der Waals surface area (Å²) < 4.78 is 0. The third kappa shape index (κ3) is 6.65. The van der Waals surface area contributed by atoms with Gasteiger partial charge in [0.1, 0.15) is 0 Å². The number of amides is 1. The van der Waals surface area contributed by atoms with E-state index in [4.69, 9.17) is 16.7 Å². The van der Waals surface area contributed by atoms with Gasteiger partial charge < -0.3 is 10.4 Å². The lowest BCUT2D eigenvalue weighted by Gasteiger charge is -2.37. The fraction of sp³-hybridized carbons (Fsp3) is 0.556. The van der Waals surface area contributed by atoms with Gasteiger partial charge in [0.15, 0.2) is 0 Å². The second-order valence-corrected chi connectivity index (χ2v) is 6.80. The third-order valence-electron chi connectivity index (χ3n) is 4.59. The van der Waals surface area contributed by atoms with Crippen molar-refractivity contribution in [3.63, 3.8) is 0 Å². The van der Waals surface area contributed by atoms with E-state index < -0.39 is 5.97 Å². The zero-order valence-corrected chi connectivity index (χ0v) is 15.3. The number of carboxylic acids is 1. The highest BCUT2D eigenvalue weighted by atomic mass is 35.5. The van der Waals surface area contributed by atoms with Gasteiger partial charge in [-0.1, -0.05) is 30.7 Å². The lowest BCUT2D eigenvalue weighted by Crippen LogP contribution is -2.48. The standard InChI is InChI=1S/C18H26ClN3O3/c1-2-22(13-18(24)25)16-7-9-21(10-8-16)12-17(23)20-11-14-3-5-15(19)6-4-14/h3-6,16H,2,7-13H2,1H3,(H,20,23)(H,24,25). The number of carboxylic acid groups (broad SMARTS) is 1. The van der Waals surface area contributed by atoms with Crippen LogP contribution in [0.3, 0.4) is 0 Å². The molecule has 1 saturated heterocycles. The molecule has 25 heavy (non-hydrogen) atoms. The number of piperidine rings is 1. The number of carbonyl (C=O) groups is 2. The molecule has 1 amide bonds. The van der Waals surface area contributed by atoms with E-state index in [1.807, 2.05) is 36.1 Å². The summed E-state index contributed by atoms with van der Waals surface area (Å²) in [5.74, 6) is -0.780. The Morgan fingerprint density at radius 2 is 1.92 bits per heavy atom. The van der Waals surface area contributed by atoms with Crippen LogP contribution in [0.4, 0.5) is 0 Å². The van der Waals surface area contributed by atoms with Crippen LogP contribution in [0.15, 0.2) is 24.3 Å². The van der Waals surface area contributed by atoms with Crippen LogP contribution in [0.1, 0.15) is 25.3 Å². The summed E-state index contributed by atoms with van der Waals surface area (Å²) in [6.07, 6.45) is 1.79. The predicted octanol–water partition coefficient (Wildman–Crippen LogP) is 1.83. The molecular weight excluding hydrogens is 342 g/mol. The van der Waals surface area contributed by atoms with Crippen molar-refractivity contribution in [1.29, 1.82) is 0 Å². The average Bonchev–Trinajstić information content (AvgIpc) is 2.60. The number of hydrogen-bond acceptors (Lipinski definition) is 4. The molecule has 6 nitrogen and oxygen atoms in total. The molecule has 0 atom stereocenters. The predicted molar refractivity (Wildman–Crippen MR) is 97.6 cm³/mol. The smallest absolute Gasteiger partial charge is 0.317 e. The Labute approximate surface area is 153 Å². The molecule has 0 spiro atoms. The van der Waals surface area contributed by atoms with Gasteiger partial charge in [-0.05, 0) is 37.1 Å². The van der Waals surface area contributed by atoms with Gasteiger partial charge in [-0.3, -0.25) is 19.4 Å². The molecule has 1 aliphatic rings. The van der Waals surface area contributed by atoms with Crippen molar-refractivity contribution in [3.8, 4) is 0 Å². The molecule has 1 aromatic carbocycles. The zero-order chi connectivity index (χ0) is 18.2. The van der Waals surface area contributed by atoms with Gasteiger partial charge in [-0.25, -0.2) is 0 Å². The van der Waals surface area contributed by atoms with Crippen LogP contribution in [-0.2, 0) is 16.1 Å². The molecule has 1 heterocycles. The first-order chi connectivity index (χ1) is 12.0. The summed E-state index contributed by atoms with van der Waals surface area (Å²) in [6, 6.07) is 7.70. The molecule has 1 aromatic rings. The van der Waals surface area contributed by atoms with Crippen LogP contribution < -0.4 is 5.32 Å². The number of nitrogens with one attached hydrogen (secondary N) is 1. The Morgan fingerprint density at radius 1 is 1.28 bits per heavy atom. The van der Waals surface area contributed by atoms with Gasteiger partial charge in [-0.2, -0.15) is 0 Å². The summed E-state index contributed by atoms with van der Waals surface area (Å²) in [4.78, 5) is 27.1. The molecule has 1 fully saturated rings. The van der Waals surface area contributed by atoms with Crippen LogP contribution in [0.5, 0.6) is 0 Å². The molecule has 0 aromatic heterocycles. The number of nitrogens with zero attached hydrogens (tertiary/aromatic N) is 2. The van der Waals surface area contributed by atoms with Gasteiger partial charge in [0, 0.05) is 30.7 Å². The largest absolute Gasteiger partial charge is 0.480 e. The number of rotatable bonds is 8. The minimum Gasteiger partial charge on any atom is -0.480 e. The van der Waals surface area contributed by atoms with E-state index in [0.717, 1.165) is 38.0 Å². The SMILES string of the molecule is CCN(CC(=O)O)C1CCN(CC(=O)NCc2ccc(Cl)cc2)CC1. The molecule has 2 N–H and O–H groups in total. The molecular formula is C18H26ClN3O3. The average molecular weight is 368 g/mol. The lowest BCUT2D eigenvalue weighted by molar-refractivity contribution is -0.139. The van der Waals surface area contributed by atoms with E-state index >= 15 is 0 Å². The Kier molecular flexibility index (Phi) is 7.68. The third-order valence-corrected chi connectivity index (χ3v) is 4.84. The van der Waals surface area contributed by atoms with Crippen LogP contribution in [0.2, 0.25) is 5.02 Å². The molecule has 2 rings (SSSR count). The number of halogens is 1. The fourth-order valence-electron chi connectivity index (χ4n) is 3.18. The maximum absolute atomic E-state index is 12.1. The monoisotopic (exact) mass is 367 g/mol. The highest BCUT2D eigenvalue weighted by Gasteiger charge is 2.25. The van der Waals surface area contributed by atoms with Gasteiger partial charge in [-0.15, -0.1) is 0 Å². The van der Waals surface area contributed by atoms with Crippen molar-refractivity contribution >= 4 is 23.5 Å². The minimum atomic E-state index is -0.786. The number of likely N-dealkylation sites (tertiary alicyclic amines) is 1. The van der Waals surface area contributed by atoms with E-state index in [9.17, 15) is 9.59 Å². The molecule has 138 valence electrons. The van der Waals surface area contributed by atoms with Crippen molar-refractivity contribution in [2.24, 2.45) is 0 Å². The maximum atomic E-state index is 12.1. The highest BCUT2D eigenvalue weighted by molar-refractivity contribution is 6.30. The van der Waals surface area contributed by atoms with Crippen molar-refractivity contribution < 1.29 is 14.7 Å². The maximum Gasteiger partial charge on any atom is 0.317 e. The second kappa shape index (κ2) is 9.75. The topological polar surface area (TPSA) is 72.9 Å². The molecule has 0 bridgehead atoms. The van der Waals surface area contributed by atoms with E-state index in [0.29, 0.717) is 18.1 Å². The van der Waals surface area contributed by atoms with Crippen molar-refractivity contribution in [3.05, 3.63) is 34.9 Å². The van der Waals surface area contributed by atoms with E-state index in [-0.39, 0.29) is 18.5 Å². The fourth-order valence-corrected chi connectivity index (χ4v) is 3.30. The minimum absolute atomic E-state index is 0.00582. The summed E-state index contributed by atoms with van der Waals surface area (Å²) in [6.45, 7) is 5.31. The number of benzene rings is 1. The Balaban J connectivity index is 1.71. The molecule has 0 unspecified atom stereocenters. The van der Waals surface area contributed by atoms with E-state index in [2.05, 4.69) is 10.2 Å². The van der Waals surface area contributed by atoms with Crippen molar-refractivity contribution in [2.45, 2.75) is 32.4 Å². The molecule has 0 aliphatic carbocycles. The number of carbonyl (C=O) groups excluding carboxylic acids is 1. The summed E-state index contributed by atoms with van der Waals surface area (Å²) in [5.41, 5.74) is 1.02. The number of hydrogen-bond donors (Lipinski definition) is 2. The van der Waals surface area contributed by atoms with Crippen LogP contribution in [-0.4, -0.2) is 65.5 Å². The molecule has 1 aliphatic heterocycles. The molecule has 0 radical (unpaired) electrons. The first kappa shape index (κ1) is 19.7. The molecule has 0 saturated carbocycles. The normalized spacial score (nSPS) is 16.1. The van der Waals surface area contributed by atoms with Gasteiger partial charge in [0.2, 0.25) is 5.91 Å². The van der Waals surface area contributed by atoms with E-state index in [1.165, 1.54) is 0 Å². The summed E-state index contributed by atoms with van der Waals surface area (Å²) >= 11 is 5.85. The number of likely N-dealkylation sites (N-methyl/N-ethyl adjacent to an activating group) is 1. The molecule has 7 heteroatoms. The van der Waals surface area contributed by atoms with Crippen molar-refractivity contribution in [1.82, 2.24) is 15.1 Å². The number of aliphatic carboxylic acids is 1. The van der Waals surface area contributed by atoms with Gasteiger partial charge >= 0.3 is 5.97 Å². The summed E-state index contributed by atoms with van der Waals surface area (Å²) in [5, 5.41) is 12.6. The first-order valence-electron chi connectivity index (χ1n) is 8.67. The lowest BCUT2D eigenvalue weighted by atomic mass is 10.0. The zero-order valence-electron chi connectivity index (χ0n) is 14.6. The van der Waals surface area contributed by atoms with Crippen LogP contribution in [0, 0.1) is 0 Å². The Morgan fingerprint density at radius 3 is 2.48 bits per heavy atom. The van der Waals surface area contributed by atoms with Gasteiger partial charge in [0.25, 0.3) is 0 Å².